The molecule has 0 fully saturated rings. The van der Waals surface area contributed by atoms with Gasteiger partial charge in [-0.25, -0.2) is 4.79 Å². The molecule has 3 heterocycles. The predicted molar refractivity (Wildman–Crippen MR) is 82.0 cm³/mol. The van der Waals surface area contributed by atoms with Crippen LogP contribution in [0.25, 0.3) is 11.0 Å². The summed E-state index contributed by atoms with van der Waals surface area (Å²) in [5, 5.41) is 11.6. The summed E-state index contributed by atoms with van der Waals surface area (Å²) in [4.78, 5) is 24.2. The monoisotopic (exact) mass is 310 g/mol. The van der Waals surface area contributed by atoms with E-state index in [-0.39, 0.29) is 12.1 Å². The molecule has 0 bridgehead atoms. The fourth-order valence-corrected chi connectivity index (χ4v) is 2.82. The Balaban J connectivity index is 1.57. The van der Waals surface area contributed by atoms with E-state index in [2.05, 4.69) is 15.5 Å². The van der Waals surface area contributed by atoms with Gasteiger partial charge in [-0.15, -0.1) is 10.2 Å². The molecule has 0 atom stereocenters. The minimum absolute atomic E-state index is 0.00939. The van der Waals surface area contributed by atoms with Crippen LogP contribution in [-0.4, -0.2) is 20.7 Å². The number of rotatable bonds is 3. The van der Waals surface area contributed by atoms with Crippen LogP contribution in [0.15, 0.2) is 39.5 Å². The van der Waals surface area contributed by atoms with E-state index in [1.54, 1.807) is 24.3 Å². The Bertz CT molecular complexity index is 957. The lowest BCUT2D eigenvalue weighted by Crippen LogP contribution is -2.29. The van der Waals surface area contributed by atoms with Gasteiger partial charge in [0.25, 0.3) is 5.91 Å². The third-order valence-electron chi connectivity index (χ3n) is 3.98. The Morgan fingerprint density at radius 3 is 3.09 bits per heavy atom. The van der Waals surface area contributed by atoms with Crippen molar-refractivity contribution in [1.82, 2.24) is 20.1 Å². The molecule has 1 aliphatic rings. The second-order valence-electron chi connectivity index (χ2n) is 5.46. The van der Waals surface area contributed by atoms with Crippen molar-refractivity contribution >= 4 is 16.9 Å². The standard InChI is InChI=1S/C16H14N4O3/c21-15(17-9-14-19-18-13-6-3-7-20(13)14)11-8-10-4-1-2-5-12(10)23-16(11)22/h1-2,4-5,8H,3,6-7,9H2,(H,17,21). The average molecular weight is 310 g/mol. The van der Waals surface area contributed by atoms with Crippen molar-refractivity contribution in [3.8, 4) is 0 Å². The molecule has 4 rings (SSSR count). The van der Waals surface area contributed by atoms with E-state index in [9.17, 15) is 9.59 Å². The molecule has 0 saturated heterocycles. The highest BCUT2D eigenvalue weighted by molar-refractivity contribution is 5.96. The average Bonchev–Trinajstić information content (AvgIpc) is 3.15. The van der Waals surface area contributed by atoms with Gasteiger partial charge in [-0.1, -0.05) is 18.2 Å². The highest BCUT2D eigenvalue weighted by atomic mass is 16.4. The second kappa shape index (κ2) is 5.35. The number of aromatic nitrogens is 3. The zero-order valence-corrected chi connectivity index (χ0v) is 12.3. The van der Waals surface area contributed by atoms with E-state index in [4.69, 9.17) is 4.42 Å². The summed E-state index contributed by atoms with van der Waals surface area (Å²) in [6.45, 7) is 1.10. The van der Waals surface area contributed by atoms with Crippen LogP contribution in [0, 0.1) is 0 Å². The summed E-state index contributed by atoms with van der Waals surface area (Å²) >= 11 is 0. The van der Waals surface area contributed by atoms with Crippen LogP contribution in [0.3, 0.4) is 0 Å². The lowest BCUT2D eigenvalue weighted by molar-refractivity contribution is 0.0946. The summed E-state index contributed by atoms with van der Waals surface area (Å²) in [6.07, 6.45) is 1.95. The molecule has 7 nitrogen and oxygen atoms in total. The van der Waals surface area contributed by atoms with Crippen LogP contribution in [0.2, 0.25) is 0 Å². The van der Waals surface area contributed by atoms with Gasteiger partial charge < -0.3 is 14.3 Å². The molecule has 0 saturated carbocycles. The quantitative estimate of drug-likeness (QED) is 0.736. The minimum atomic E-state index is -0.646. The van der Waals surface area contributed by atoms with Crippen molar-refractivity contribution < 1.29 is 9.21 Å². The molecular weight excluding hydrogens is 296 g/mol. The van der Waals surface area contributed by atoms with E-state index in [1.807, 2.05) is 10.6 Å². The van der Waals surface area contributed by atoms with Gasteiger partial charge in [-0.2, -0.15) is 0 Å². The number of carbonyl (C=O) groups is 1. The fourth-order valence-electron chi connectivity index (χ4n) is 2.82. The first-order valence-electron chi connectivity index (χ1n) is 7.44. The van der Waals surface area contributed by atoms with Crippen molar-refractivity contribution in [2.24, 2.45) is 0 Å². The Labute approximate surface area is 130 Å². The van der Waals surface area contributed by atoms with Gasteiger partial charge in [0, 0.05) is 18.4 Å². The van der Waals surface area contributed by atoms with E-state index in [0.29, 0.717) is 16.8 Å². The Morgan fingerprint density at radius 2 is 2.17 bits per heavy atom. The SMILES string of the molecule is O=C(NCc1nnc2n1CCC2)c1cc2ccccc2oc1=O. The molecule has 3 aromatic rings. The molecule has 1 aromatic carbocycles. The predicted octanol–water partition coefficient (Wildman–Crippen LogP) is 1.26. The lowest BCUT2D eigenvalue weighted by Gasteiger charge is -2.06. The largest absolute Gasteiger partial charge is 0.422 e. The number of hydrogen-bond acceptors (Lipinski definition) is 5. The summed E-state index contributed by atoms with van der Waals surface area (Å²) < 4.78 is 7.18. The van der Waals surface area contributed by atoms with Gasteiger partial charge >= 0.3 is 5.63 Å². The molecule has 1 amide bonds. The highest BCUT2D eigenvalue weighted by Gasteiger charge is 2.19. The van der Waals surface area contributed by atoms with E-state index in [1.165, 1.54) is 0 Å². The zero-order valence-electron chi connectivity index (χ0n) is 12.3. The number of hydrogen-bond donors (Lipinski definition) is 1. The molecule has 0 aliphatic carbocycles. The van der Waals surface area contributed by atoms with Crippen LogP contribution in [0.5, 0.6) is 0 Å². The number of carbonyl (C=O) groups excluding carboxylic acids is 1. The van der Waals surface area contributed by atoms with Crippen LogP contribution in [0.4, 0.5) is 0 Å². The van der Waals surface area contributed by atoms with Crippen molar-refractivity contribution in [3.63, 3.8) is 0 Å². The second-order valence-corrected chi connectivity index (χ2v) is 5.46. The number of fused-ring (bicyclic) bond motifs is 2. The number of amides is 1. The molecule has 23 heavy (non-hydrogen) atoms. The Hall–Kier alpha value is -2.96. The molecule has 116 valence electrons. The first-order valence-corrected chi connectivity index (χ1v) is 7.44. The number of para-hydroxylation sites is 1. The van der Waals surface area contributed by atoms with Crippen LogP contribution >= 0.6 is 0 Å². The first kappa shape index (κ1) is 13.7. The summed E-state index contributed by atoms with van der Waals surface area (Å²) in [7, 11) is 0. The zero-order chi connectivity index (χ0) is 15.8. The molecule has 1 aliphatic heterocycles. The van der Waals surface area contributed by atoms with Gasteiger partial charge in [0.05, 0.1) is 6.54 Å². The maximum Gasteiger partial charge on any atom is 0.349 e. The number of nitrogens with one attached hydrogen (secondary N) is 1. The van der Waals surface area contributed by atoms with Gasteiger partial charge in [0.1, 0.15) is 17.0 Å². The molecule has 2 aromatic heterocycles. The number of nitrogens with zero attached hydrogens (tertiary/aromatic N) is 3. The number of aryl methyl sites for hydroxylation is 1. The third-order valence-corrected chi connectivity index (χ3v) is 3.98. The first-order chi connectivity index (χ1) is 11.2. The summed E-state index contributed by atoms with van der Waals surface area (Å²) in [6, 6.07) is 8.63. The van der Waals surface area contributed by atoms with Crippen molar-refractivity contribution in [2.45, 2.75) is 25.9 Å². The number of benzene rings is 1. The molecule has 7 heteroatoms. The Morgan fingerprint density at radius 1 is 1.30 bits per heavy atom. The van der Waals surface area contributed by atoms with E-state index in [0.717, 1.165) is 25.2 Å². The summed E-state index contributed by atoms with van der Waals surface area (Å²) in [5.41, 5.74) is -0.193. The van der Waals surface area contributed by atoms with Crippen LogP contribution in [-0.2, 0) is 19.5 Å². The maximum atomic E-state index is 12.3. The van der Waals surface area contributed by atoms with Gasteiger partial charge in [0.15, 0.2) is 5.82 Å². The molecule has 1 N–H and O–H groups in total. The normalized spacial score (nSPS) is 13.2. The molecule has 0 unspecified atom stereocenters. The maximum absolute atomic E-state index is 12.3. The van der Waals surface area contributed by atoms with E-state index < -0.39 is 11.5 Å². The van der Waals surface area contributed by atoms with Crippen molar-refractivity contribution in [3.05, 3.63) is 58.0 Å². The summed E-state index contributed by atoms with van der Waals surface area (Å²) in [5.74, 6) is 1.18. The van der Waals surface area contributed by atoms with Gasteiger partial charge in [-0.3, -0.25) is 4.79 Å². The van der Waals surface area contributed by atoms with Crippen molar-refractivity contribution in [2.75, 3.05) is 0 Å². The smallest absolute Gasteiger partial charge is 0.349 e. The fraction of sp³-hybridized carbons (Fsp3) is 0.250. The van der Waals surface area contributed by atoms with Gasteiger partial charge in [-0.05, 0) is 18.6 Å². The van der Waals surface area contributed by atoms with Crippen molar-refractivity contribution in [1.29, 1.82) is 0 Å². The van der Waals surface area contributed by atoms with Gasteiger partial charge in [0.2, 0.25) is 0 Å². The lowest BCUT2D eigenvalue weighted by atomic mass is 10.2. The molecular formula is C16H14N4O3. The third kappa shape index (κ3) is 2.40. The van der Waals surface area contributed by atoms with E-state index >= 15 is 0 Å². The molecule has 0 spiro atoms. The topological polar surface area (TPSA) is 90.0 Å². The van der Waals surface area contributed by atoms with Crippen LogP contribution in [0.1, 0.15) is 28.4 Å². The Kier molecular flexibility index (Phi) is 3.18. The highest BCUT2D eigenvalue weighted by Crippen LogP contribution is 2.14. The molecule has 0 radical (unpaired) electrons. The van der Waals surface area contributed by atoms with Crippen LogP contribution < -0.4 is 10.9 Å². The minimum Gasteiger partial charge on any atom is -0.422 e.